The monoisotopic (exact) mass is 263 g/mol. The first-order valence-electron chi connectivity index (χ1n) is 6.55. The third-order valence-electron chi connectivity index (χ3n) is 3.69. The minimum atomic E-state index is -0.642. The van der Waals surface area contributed by atoms with Gasteiger partial charge in [0.2, 0.25) is 0 Å². The number of aliphatic hydroxyl groups is 1. The van der Waals surface area contributed by atoms with Crippen LogP contribution in [0.1, 0.15) is 32.1 Å². The zero-order valence-corrected chi connectivity index (χ0v) is 10.6. The fourth-order valence-corrected chi connectivity index (χ4v) is 2.55. The van der Waals surface area contributed by atoms with Gasteiger partial charge in [0.05, 0.1) is 5.60 Å². The lowest BCUT2D eigenvalue weighted by Gasteiger charge is -2.32. The van der Waals surface area contributed by atoms with Gasteiger partial charge >= 0.3 is 5.69 Å². The van der Waals surface area contributed by atoms with E-state index in [2.05, 4.69) is 20.5 Å². The Morgan fingerprint density at radius 3 is 3.00 bits per heavy atom. The quantitative estimate of drug-likeness (QED) is 0.750. The van der Waals surface area contributed by atoms with Crippen molar-refractivity contribution in [1.29, 1.82) is 0 Å². The minimum absolute atomic E-state index is 0.306. The van der Waals surface area contributed by atoms with Crippen LogP contribution in [0.3, 0.4) is 0 Å². The first-order chi connectivity index (χ1) is 9.16. The van der Waals surface area contributed by atoms with E-state index >= 15 is 0 Å². The second kappa shape index (κ2) is 4.65. The summed E-state index contributed by atoms with van der Waals surface area (Å²) >= 11 is 0. The molecule has 19 heavy (non-hydrogen) atoms. The number of aromatic amines is 1. The Labute approximate surface area is 109 Å². The van der Waals surface area contributed by atoms with E-state index in [9.17, 15) is 9.90 Å². The van der Waals surface area contributed by atoms with Crippen LogP contribution in [0.5, 0.6) is 0 Å². The smallest absolute Gasteiger partial charge is 0.348 e. The summed E-state index contributed by atoms with van der Waals surface area (Å²) in [5.74, 6) is 0.616. The second-order valence-corrected chi connectivity index (χ2v) is 5.17. The molecule has 0 unspecified atom stereocenters. The average Bonchev–Trinajstić information content (AvgIpc) is 2.79. The third kappa shape index (κ3) is 2.46. The number of anilines is 1. The summed E-state index contributed by atoms with van der Waals surface area (Å²) in [7, 11) is 0. The normalized spacial score (nSPS) is 18.6. The van der Waals surface area contributed by atoms with Crippen LogP contribution >= 0.6 is 0 Å². The first kappa shape index (κ1) is 12.2. The Morgan fingerprint density at radius 1 is 1.42 bits per heavy atom. The number of H-pyrrole nitrogens is 1. The highest BCUT2D eigenvalue weighted by molar-refractivity contribution is 5.48. The van der Waals surface area contributed by atoms with Gasteiger partial charge in [-0.3, -0.25) is 0 Å². The molecule has 1 aliphatic carbocycles. The highest BCUT2D eigenvalue weighted by atomic mass is 16.3. The summed E-state index contributed by atoms with van der Waals surface area (Å²) in [6, 6.07) is 1.68. The molecule has 0 radical (unpaired) electrons. The van der Waals surface area contributed by atoms with E-state index < -0.39 is 5.60 Å². The van der Waals surface area contributed by atoms with E-state index in [0.717, 1.165) is 25.7 Å². The van der Waals surface area contributed by atoms with Crippen molar-refractivity contribution in [2.24, 2.45) is 0 Å². The van der Waals surface area contributed by atoms with Gasteiger partial charge < -0.3 is 10.4 Å². The summed E-state index contributed by atoms with van der Waals surface area (Å²) < 4.78 is 1.33. The van der Waals surface area contributed by atoms with Gasteiger partial charge in [-0.15, -0.1) is 0 Å². The van der Waals surface area contributed by atoms with E-state index in [-0.39, 0.29) is 5.69 Å². The van der Waals surface area contributed by atoms with Crippen LogP contribution in [0.25, 0.3) is 5.65 Å². The van der Waals surface area contributed by atoms with Gasteiger partial charge in [0, 0.05) is 12.6 Å². The fraction of sp³-hybridized carbons (Fsp3) is 0.583. The Bertz CT molecular complexity index is 626. The molecular weight excluding hydrogens is 246 g/mol. The number of hydrogen-bond donors (Lipinski definition) is 3. The van der Waals surface area contributed by atoms with Gasteiger partial charge in [-0.25, -0.2) is 19.3 Å². The van der Waals surface area contributed by atoms with Crippen LogP contribution < -0.4 is 11.0 Å². The SMILES string of the molecule is O=c1[nH]nc2cc(NCC3(O)CCCCC3)ncn12. The van der Waals surface area contributed by atoms with Crippen molar-refractivity contribution in [1.82, 2.24) is 19.6 Å². The number of aromatic nitrogens is 4. The zero-order valence-electron chi connectivity index (χ0n) is 10.6. The molecule has 7 nitrogen and oxygen atoms in total. The molecule has 2 aromatic rings. The minimum Gasteiger partial charge on any atom is -0.388 e. The summed E-state index contributed by atoms with van der Waals surface area (Å²) in [5, 5.41) is 19.7. The second-order valence-electron chi connectivity index (χ2n) is 5.17. The van der Waals surface area contributed by atoms with Crippen LogP contribution in [-0.4, -0.2) is 36.8 Å². The van der Waals surface area contributed by atoms with Crippen LogP contribution in [0.2, 0.25) is 0 Å². The molecule has 2 aromatic heterocycles. The van der Waals surface area contributed by atoms with E-state index in [1.807, 2.05) is 0 Å². The molecule has 2 heterocycles. The molecule has 3 N–H and O–H groups in total. The molecule has 1 aliphatic rings. The van der Waals surface area contributed by atoms with Crippen LogP contribution in [0, 0.1) is 0 Å². The van der Waals surface area contributed by atoms with Crippen molar-refractivity contribution in [2.75, 3.05) is 11.9 Å². The molecular formula is C12H17N5O2. The Balaban J connectivity index is 1.72. The maximum atomic E-state index is 11.3. The van der Waals surface area contributed by atoms with Crippen molar-refractivity contribution < 1.29 is 5.11 Å². The fourth-order valence-electron chi connectivity index (χ4n) is 2.55. The Kier molecular flexibility index (Phi) is 2.98. The maximum absolute atomic E-state index is 11.3. The molecule has 0 spiro atoms. The van der Waals surface area contributed by atoms with Crippen LogP contribution in [0.4, 0.5) is 5.82 Å². The van der Waals surface area contributed by atoms with Crippen molar-refractivity contribution in [2.45, 2.75) is 37.7 Å². The van der Waals surface area contributed by atoms with Gasteiger partial charge in [0.1, 0.15) is 12.1 Å². The molecule has 7 heteroatoms. The van der Waals surface area contributed by atoms with E-state index in [1.54, 1.807) is 6.07 Å². The van der Waals surface area contributed by atoms with Crippen molar-refractivity contribution in [3.8, 4) is 0 Å². The summed E-state index contributed by atoms with van der Waals surface area (Å²) in [4.78, 5) is 15.4. The van der Waals surface area contributed by atoms with Gasteiger partial charge in [-0.1, -0.05) is 19.3 Å². The Morgan fingerprint density at radius 2 is 2.21 bits per heavy atom. The lowest BCUT2D eigenvalue weighted by molar-refractivity contribution is 0.0166. The summed E-state index contributed by atoms with van der Waals surface area (Å²) in [6.07, 6.45) is 6.41. The molecule has 3 rings (SSSR count). The number of fused-ring (bicyclic) bond motifs is 1. The predicted molar refractivity (Wildman–Crippen MR) is 70.1 cm³/mol. The first-order valence-corrected chi connectivity index (χ1v) is 6.55. The molecule has 0 aromatic carbocycles. The highest BCUT2D eigenvalue weighted by Crippen LogP contribution is 2.28. The lowest BCUT2D eigenvalue weighted by atomic mass is 9.85. The molecule has 1 saturated carbocycles. The van der Waals surface area contributed by atoms with Crippen LogP contribution in [-0.2, 0) is 0 Å². The molecule has 1 fully saturated rings. The van der Waals surface area contributed by atoms with Gasteiger partial charge in [0.15, 0.2) is 5.65 Å². The maximum Gasteiger partial charge on any atom is 0.348 e. The standard InChI is InChI=1S/C12H17N5O2/c18-11-16-15-10-6-9(14-8-17(10)11)13-7-12(19)4-2-1-3-5-12/h6,8,13,19H,1-5,7H2,(H,16,18). The molecule has 0 saturated heterocycles. The Hall–Kier alpha value is -1.89. The van der Waals surface area contributed by atoms with Crippen LogP contribution in [0.15, 0.2) is 17.2 Å². The molecule has 0 bridgehead atoms. The van der Waals surface area contributed by atoms with Gasteiger partial charge in [0.25, 0.3) is 0 Å². The van der Waals surface area contributed by atoms with E-state index in [4.69, 9.17) is 0 Å². The number of hydrogen-bond acceptors (Lipinski definition) is 5. The lowest BCUT2D eigenvalue weighted by Crippen LogP contribution is -2.38. The third-order valence-corrected chi connectivity index (χ3v) is 3.69. The van der Waals surface area contributed by atoms with Crippen molar-refractivity contribution >= 4 is 11.5 Å². The van der Waals surface area contributed by atoms with E-state index in [1.165, 1.54) is 17.1 Å². The topological polar surface area (TPSA) is 95.3 Å². The number of nitrogens with zero attached hydrogens (tertiary/aromatic N) is 3. The zero-order chi connectivity index (χ0) is 13.3. The molecule has 102 valence electrons. The molecule has 0 atom stereocenters. The van der Waals surface area contributed by atoms with Gasteiger partial charge in [-0.2, -0.15) is 5.10 Å². The molecule has 0 amide bonds. The highest BCUT2D eigenvalue weighted by Gasteiger charge is 2.28. The van der Waals surface area contributed by atoms with Gasteiger partial charge in [-0.05, 0) is 12.8 Å². The summed E-state index contributed by atoms with van der Waals surface area (Å²) in [5.41, 5.74) is -0.435. The number of rotatable bonds is 3. The van der Waals surface area contributed by atoms with E-state index in [0.29, 0.717) is 18.0 Å². The predicted octanol–water partition coefficient (Wildman–Crippen LogP) is 0.525. The van der Waals surface area contributed by atoms with Crippen molar-refractivity contribution in [3.63, 3.8) is 0 Å². The average molecular weight is 263 g/mol. The molecule has 0 aliphatic heterocycles. The largest absolute Gasteiger partial charge is 0.388 e. The number of nitrogens with one attached hydrogen (secondary N) is 2. The summed E-state index contributed by atoms with van der Waals surface area (Å²) in [6.45, 7) is 0.477. The van der Waals surface area contributed by atoms with Crippen molar-refractivity contribution in [3.05, 3.63) is 22.9 Å².